The number of anilines is 1. The molecule has 1 fully saturated rings. The number of rotatable bonds is 8. The van der Waals surface area contributed by atoms with Gasteiger partial charge >= 0.3 is 6.03 Å². The molecule has 38 heavy (non-hydrogen) atoms. The summed E-state index contributed by atoms with van der Waals surface area (Å²) in [6.07, 6.45) is 1.54. The Kier molecular flexibility index (Phi) is 7.71. The summed E-state index contributed by atoms with van der Waals surface area (Å²) in [5, 5.41) is 2.30. The molecule has 1 aliphatic rings. The van der Waals surface area contributed by atoms with Crippen LogP contribution in [0.2, 0.25) is 0 Å². The standard InChI is InChI=1S/C30H33N3O5/c1-7-37-22-13-14-27(38-8-2)26(17-22)33-29(35)24(28(34)31-30(33)36)16-21-15-19(5)32(20(21)6)25-12-10-9-11-23(25)18(3)4/h9-18H,7-8H2,1-6H3,(H,31,34,36)/b24-16+. The van der Waals surface area contributed by atoms with E-state index in [-0.39, 0.29) is 11.3 Å². The second-order valence-corrected chi connectivity index (χ2v) is 9.33. The minimum Gasteiger partial charge on any atom is -0.494 e. The van der Waals surface area contributed by atoms with Crippen molar-refractivity contribution < 1.29 is 23.9 Å². The lowest BCUT2D eigenvalue weighted by molar-refractivity contribution is -0.122. The van der Waals surface area contributed by atoms with Crippen LogP contribution in [0.4, 0.5) is 10.5 Å². The third kappa shape index (κ3) is 4.94. The van der Waals surface area contributed by atoms with Crippen molar-refractivity contribution in [2.24, 2.45) is 0 Å². The van der Waals surface area contributed by atoms with Crippen LogP contribution in [0.25, 0.3) is 11.8 Å². The zero-order valence-corrected chi connectivity index (χ0v) is 22.6. The molecule has 0 aliphatic carbocycles. The molecule has 4 rings (SSSR count). The Hall–Kier alpha value is -4.33. The Balaban J connectivity index is 1.80. The fourth-order valence-electron chi connectivity index (χ4n) is 4.72. The molecular weight excluding hydrogens is 482 g/mol. The highest BCUT2D eigenvalue weighted by Crippen LogP contribution is 2.35. The van der Waals surface area contributed by atoms with Crippen LogP contribution in [0.5, 0.6) is 11.5 Å². The average Bonchev–Trinajstić information content (AvgIpc) is 3.15. The number of carbonyl (C=O) groups excluding carboxylic acids is 3. The maximum Gasteiger partial charge on any atom is 0.336 e. The van der Waals surface area contributed by atoms with Gasteiger partial charge in [0.05, 0.1) is 18.9 Å². The molecule has 1 saturated heterocycles. The van der Waals surface area contributed by atoms with Gasteiger partial charge in [-0.25, -0.2) is 9.69 Å². The second kappa shape index (κ2) is 11.0. The number of ether oxygens (including phenoxy) is 2. The molecule has 8 nitrogen and oxygen atoms in total. The van der Waals surface area contributed by atoms with Crippen molar-refractivity contribution >= 4 is 29.6 Å². The maximum atomic E-state index is 13.7. The topological polar surface area (TPSA) is 89.9 Å². The predicted molar refractivity (Wildman–Crippen MR) is 147 cm³/mol. The summed E-state index contributed by atoms with van der Waals surface area (Å²) in [6.45, 7) is 12.6. The summed E-state index contributed by atoms with van der Waals surface area (Å²) in [6, 6.07) is 14.2. The molecule has 4 amide bonds. The van der Waals surface area contributed by atoms with E-state index in [9.17, 15) is 14.4 Å². The van der Waals surface area contributed by atoms with Crippen LogP contribution < -0.4 is 19.7 Å². The van der Waals surface area contributed by atoms with Gasteiger partial charge in [-0.05, 0) is 75.1 Å². The van der Waals surface area contributed by atoms with Gasteiger partial charge in [0.25, 0.3) is 11.8 Å². The van der Waals surface area contributed by atoms with Crippen molar-refractivity contribution in [3.8, 4) is 17.2 Å². The molecule has 3 aromatic rings. The van der Waals surface area contributed by atoms with Crippen LogP contribution in [-0.4, -0.2) is 35.6 Å². The highest BCUT2D eigenvalue weighted by Gasteiger charge is 2.38. The largest absolute Gasteiger partial charge is 0.494 e. The van der Waals surface area contributed by atoms with Gasteiger partial charge in [-0.2, -0.15) is 0 Å². The van der Waals surface area contributed by atoms with Crippen molar-refractivity contribution in [2.75, 3.05) is 18.1 Å². The number of barbiturate groups is 1. The number of hydrogen-bond acceptors (Lipinski definition) is 5. The predicted octanol–water partition coefficient (Wildman–Crippen LogP) is 5.68. The Morgan fingerprint density at radius 1 is 0.921 bits per heavy atom. The van der Waals surface area contributed by atoms with E-state index in [1.54, 1.807) is 31.2 Å². The van der Waals surface area contributed by atoms with Gasteiger partial charge in [-0.3, -0.25) is 14.9 Å². The summed E-state index contributed by atoms with van der Waals surface area (Å²) >= 11 is 0. The zero-order valence-electron chi connectivity index (χ0n) is 22.6. The maximum absolute atomic E-state index is 13.7. The number of nitrogens with one attached hydrogen (secondary N) is 1. The molecule has 0 saturated carbocycles. The van der Waals surface area contributed by atoms with Crippen molar-refractivity contribution in [3.63, 3.8) is 0 Å². The summed E-state index contributed by atoms with van der Waals surface area (Å²) in [7, 11) is 0. The SMILES string of the molecule is CCOc1ccc(OCC)c(N2C(=O)NC(=O)/C(=C\c3cc(C)n(-c4ccccc4C(C)C)c3C)C2=O)c1. The van der Waals surface area contributed by atoms with Gasteiger partial charge < -0.3 is 14.0 Å². The number of urea groups is 1. The number of benzene rings is 2. The quantitative estimate of drug-likeness (QED) is 0.308. The first-order valence-corrected chi connectivity index (χ1v) is 12.8. The van der Waals surface area contributed by atoms with Crippen LogP contribution in [0.15, 0.2) is 54.1 Å². The second-order valence-electron chi connectivity index (χ2n) is 9.33. The van der Waals surface area contributed by atoms with Gasteiger partial charge in [-0.1, -0.05) is 32.0 Å². The monoisotopic (exact) mass is 515 g/mol. The van der Waals surface area contributed by atoms with E-state index < -0.39 is 17.8 Å². The van der Waals surface area contributed by atoms with Crippen LogP contribution in [-0.2, 0) is 9.59 Å². The number of nitrogens with zero attached hydrogens (tertiary/aromatic N) is 2. The van der Waals surface area contributed by atoms with Crippen LogP contribution in [0.1, 0.15) is 56.1 Å². The number of imide groups is 2. The fraction of sp³-hybridized carbons (Fsp3) is 0.300. The Labute approximate surface area is 222 Å². The van der Waals surface area contributed by atoms with E-state index in [4.69, 9.17) is 9.47 Å². The lowest BCUT2D eigenvalue weighted by atomic mass is 10.0. The van der Waals surface area contributed by atoms with Gasteiger partial charge in [0.2, 0.25) is 0 Å². The smallest absolute Gasteiger partial charge is 0.336 e. The Morgan fingerprint density at radius 2 is 1.63 bits per heavy atom. The normalized spacial score (nSPS) is 14.9. The van der Waals surface area contributed by atoms with Gasteiger partial charge in [0, 0.05) is 23.1 Å². The minimum atomic E-state index is -0.844. The van der Waals surface area contributed by atoms with Crippen molar-refractivity contribution in [2.45, 2.75) is 47.5 Å². The van der Waals surface area contributed by atoms with Gasteiger partial charge in [0.15, 0.2) is 0 Å². The minimum absolute atomic E-state index is 0.147. The number of carbonyl (C=O) groups is 3. The summed E-state index contributed by atoms with van der Waals surface area (Å²) < 4.78 is 13.4. The Bertz CT molecular complexity index is 1430. The summed E-state index contributed by atoms with van der Waals surface area (Å²) in [5.41, 5.74) is 4.84. The first-order chi connectivity index (χ1) is 18.2. The Morgan fingerprint density at radius 3 is 2.32 bits per heavy atom. The molecule has 2 heterocycles. The third-order valence-electron chi connectivity index (χ3n) is 6.45. The summed E-state index contributed by atoms with van der Waals surface area (Å²) in [5.74, 6) is -0.368. The lowest BCUT2D eigenvalue weighted by Gasteiger charge is -2.28. The molecule has 0 atom stereocenters. The number of aromatic nitrogens is 1. The molecular formula is C30H33N3O5. The number of aryl methyl sites for hydroxylation is 1. The molecule has 1 aromatic heterocycles. The van der Waals surface area contributed by atoms with E-state index in [1.165, 1.54) is 5.56 Å². The molecule has 0 bridgehead atoms. The zero-order chi connectivity index (χ0) is 27.6. The number of para-hydroxylation sites is 1. The molecule has 198 valence electrons. The highest BCUT2D eigenvalue weighted by atomic mass is 16.5. The van der Waals surface area contributed by atoms with Crippen LogP contribution in [0.3, 0.4) is 0 Å². The van der Waals surface area contributed by atoms with Crippen LogP contribution >= 0.6 is 0 Å². The van der Waals surface area contributed by atoms with E-state index in [1.807, 2.05) is 39.0 Å². The van der Waals surface area contributed by atoms with E-state index in [0.29, 0.717) is 36.2 Å². The molecule has 1 aliphatic heterocycles. The lowest BCUT2D eigenvalue weighted by Crippen LogP contribution is -2.54. The molecule has 8 heteroatoms. The molecule has 0 unspecified atom stereocenters. The molecule has 1 N–H and O–H groups in total. The number of hydrogen-bond donors (Lipinski definition) is 1. The molecule has 0 radical (unpaired) electrons. The van der Waals surface area contributed by atoms with Crippen molar-refractivity contribution in [3.05, 3.63) is 76.6 Å². The summed E-state index contributed by atoms with van der Waals surface area (Å²) in [4.78, 5) is 40.4. The third-order valence-corrected chi connectivity index (χ3v) is 6.45. The van der Waals surface area contributed by atoms with Crippen LogP contribution in [0, 0.1) is 13.8 Å². The van der Waals surface area contributed by atoms with Gasteiger partial charge in [-0.15, -0.1) is 0 Å². The van der Waals surface area contributed by atoms with E-state index >= 15 is 0 Å². The van der Waals surface area contributed by atoms with Crippen molar-refractivity contribution in [1.82, 2.24) is 9.88 Å². The molecule has 0 spiro atoms. The average molecular weight is 516 g/mol. The highest BCUT2D eigenvalue weighted by molar-refractivity contribution is 6.39. The molecule has 2 aromatic carbocycles. The van der Waals surface area contributed by atoms with Gasteiger partial charge in [0.1, 0.15) is 17.1 Å². The van der Waals surface area contributed by atoms with Crippen molar-refractivity contribution in [1.29, 1.82) is 0 Å². The number of amides is 4. The first-order valence-electron chi connectivity index (χ1n) is 12.8. The van der Waals surface area contributed by atoms with E-state index in [0.717, 1.165) is 22.0 Å². The fourth-order valence-corrected chi connectivity index (χ4v) is 4.72. The van der Waals surface area contributed by atoms with E-state index in [2.05, 4.69) is 35.9 Å². The first kappa shape index (κ1) is 26.7.